The molecule has 1 amide bonds. The topological polar surface area (TPSA) is 57.0 Å². The van der Waals surface area contributed by atoms with Crippen molar-refractivity contribution in [2.45, 2.75) is 26.3 Å². The van der Waals surface area contributed by atoms with Crippen LogP contribution in [0, 0.1) is 11.3 Å². The van der Waals surface area contributed by atoms with E-state index in [1.807, 2.05) is 47.4 Å². The summed E-state index contributed by atoms with van der Waals surface area (Å²) in [6.45, 7) is 3.33. The van der Waals surface area contributed by atoms with Crippen LogP contribution < -0.4 is 0 Å². The molecule has 26 heavy (non-hydrogen) atoms. The van der Waals surface area contributed by atoms with Gasteiger partial charge in [0.1, 0.15) is 0 Å². The van der Waals surface area contributed by atoms with Crippen molar-refractivity contribution in [2.24, 2.45) is 0 Å². The normalized spacial score (nSPS) is 10.5. The third-order valence-electron chi connectivity index (χ3n) is 4.36. The SMILES string of the molecule is CCCN(Cc1ccc(C#N)cc1)C(=O)Cc1cccc2cccnc12. The van der Waals surface area contributed by atoms with Crippen LogP contribution in [-0.2, 0) is 17.8 Å². The smallest absolute Gasteiger partial charge is 0.227 e. The van der Waals surface area contributed by atoms with Gasteiger partial charge in [-0.1, -0.05) is 43.3 Å². The van der Waals surface area contributed by atoms with Gasteiger partial charge in [-0.3, -0.25) is 9.78 Å². The number of rotatable bonds is 6. The van der Waals surface area contributed by atoms with Crippen LogP contribution in [0.1, 0.15) is 30.0 Å². The van der Waals surface area contributed by atoms with Gasteiger partial charge in [0, 0.05) is 24.7 Å². The van der Waals surface area contributed by atoms with Crippen molar-refractivity contribution >= 4 is 16.8 Å². The van der Waals surface area contributed by atoms with Crippen LogP contribution in [0.4, 0.5) is 0 Å². The fourth-order valence-electron chi connectivity index (χ4n) is 3.05. The highest BCUT2D eigenvalue weighted by Gasteiger charge is 2.15. The van der Waals surface area contributed by atoms with E-state index in [2.05, 4.69) is 18.0 Å². The Kier molecular flexibility index (Phi) is 5.60. The molecular weight excluding hydrogens is 322 g/mol. The number of amides is 1. The van der Waals surface area contributed by atoms with Crippen molar-refractivity contribution in [1.29, 1.82) is 5.26 Å². The Balaban J connectivity index is 1.78. The molecule has 0 unspecified atom stereocenters. The van der Waals surface area contributed by atoms with E-state index in [1.165, 1.54) is 0 Å². The molecule has 3 rings (SSSR count). The lowest BCUT2D eigenvalue weighted by Gasteiger charge is -2.22. The van der Waals surface area contributed by atoms with Crippen LogP contribution in [0.5, 0.6) is 0 Å². The highest BCUT2D eigenvalue weighted by Crippen LogP contribution is 2.18. The molecule has 0 saturated carbocycles. The summed E-state index contributed by atoms with van der Waals surface area (Å²) in [5, 5.41) is 9.96. The highest BCUT2D eigenvalue weighted by molar-refractivity contribution is 5.87. The molecule has 0 saturated heterocycles. The number of pyridine rings is 1. The molecule has 0 atom stereocenters. The maximum Gasteiger partial charge on any atom is 0.227 e. The number of carbonyl (C=O) groups excluding carboxylic acids is 1. The maximum absolute atomic E-state index is 12.9. The number of benzene rings is 2. The molecule has 4 heteroatoms. The van der Waals surface area contributed by atoms with Gasteiger partial charge in [-0.15, -0.1) is 0 Å². The number of hydrogen-bond acceptors (Lipinski definition) is 3. The second kappa shape index (κ2) is 8.26. The van der Waals surface area contributed by atoms with E-state index in [1.54, 1.807) is 18.3 Å². The minimum absolute atomic E-state index is 0.0920. The van der Waals surface area contributed by atoms with Crippen LogP contribution in [0.15, 0.2) is 60.8 Å². The number of aromatic nitrogens is 1. The summed E-state index contributed by atoms with van der Waals surface area (Å²) in [5.74, 6) is 0.0920. The van der Waals surface area contributed by atoms with Crippen molar-refractivity contribution in [3.05, 3.63) is 77.5 Å². The first-order valence-electron chi connectivity index (χ1n) is 8.80. The van der Waals surface area contributed by atoms with Gasteiger partial charge in [-0.05, 0) is 35.7 Å². The van der Waals surface area contributed by atoms with Gasteiger partial charge >= 0.3 is 0 Å². The average molecular weight is 343 g/mol. The first-order valence-corrected chi connectivity index (χ1v) is 8.80. The van der Waals surface area contributed by atoms with Crippen LogP contribution >= 0.6 is 0 Å². The summed E-state index contributed by atoms with van der Waals surface area (Å²) < 4.78 is 0. The molecule has 0 aliphatic heterocycles. The number of fused-ring (bicyclic) bond motifs is 1. The van der Waals surface area contributed by atoms with E-state index < -0.39 is 0 Å². The lowest BCUT2D eigenvalue weighted by atomic mass is 10.1. The fourth-order valence-corrected chi connectivity index (χ4v) is 3.05. The van der Waals surface area contributed by atoms with Crippen LogP contribution in [-0.4, -0.2) is 22.3 Å². The first-order chi connectivity index (χ1) is 12.7. The Morgan fingerprint density at radius 3 is 2.62 bits per heavy atom. The summed E-state index contributed by atoms with van der Waals surface area (Å²) in [4.78, 5) is 19.2. The molecule has 130 valence electrons. The Bertz CT molecular complexity index is 936. The van der Waals surface area contributed by atoms with Crippen molar-refractivity contribution < 1.29 is 4.79 Å². The average Bonchev–Trinajstić information content (AvgIpc) is 2.68. The monoisotopic (exact) mass is 343 g/mol. The molecule has 2 aromatic carbocycles. The van der Waals surface area contributed by atoms with Crippen LogP contribution in [0.3, 0.4) is 0 Å². The molecule has 1 heterocycles. The second-order valence-electron chi connectivity index (χ2n) is 6.29. The zero-order valence-electron chi connectivity index (χ0n) is 14.9. The third-order valence-corrected chi connectivity index (χ3v) is 4.36. The number of nitriles is 1. The maximum atomic E-state index is 12.9. The predicted octanol–water partition coefficient (Wildman–Crippen LogP) is 4.09. The van der Waals surface area contributed by atoms with E-state index in [0.717, 1.165) is 28.5 Å². The molecule has 0 spiro atoms. The predicted molar refractivity (Wildman–Crippen MR) is 102 cm³/mol. The van der Waals surface area contributed by atoms with E-state index in [9.17, 15) is 4.79 Å². The third kappa shape index (κ3) is 4.07. The van der Waals surface area contributed by atoms with E-state index in [-0.39, 0.29) is 5.91 Å². The summed E-state index contributed by atoms with van der Waals surface area (Å²) in [6.07, 6.45) is 3.00. The lowest BCUT2D eigenvalue weighted by molar-refractivity contribution is -0.131. The molecule has 0 aliphatic rings. The number of carbonyl (C=O) groups is 1. The molecule has 0 aliphatic carbocycles. The van der Waals surface area contributed by atoms with Gasteiger partial charge in [0.25, 0.3) is 0 Å². The number of hydrogen-bond donors (Lipinski definition) is 0. The van der Waals surface area contributed by atoms with Gasteiger partial charge in [-0.25, -0.2) is 0 Å². The van der Waals surface area contributed by atoms with Gasteiger partial charge in [-0.2, -0.15) is 5.26 Å². The van der Waals surface area contributed by atoms with Crippen LogP contribution in [0.25, 0.3) is 10.9 Å². The van der Waals surface area contributed by atoms with Gasteiger partial charge in [0.2, 0.25) is 5.91 Å². The minimum Gasteiger partial charge on any atom is -0.338 e. The van der Waals surface area contributed by atoms with E-state index >= 15 is 0 Å². The summed E-state index contributed by atoms with van der Waals surface area (Å²) in [6, 6.07) is 19.4. The minimum atomic E-state index is 0.0920. The van der Waals surface area contributed by atoms with Crippen molar-refractivity contribution in [1.82, 2.24) is 9.88 Å². The lowest BCUT2D eigenvalue weighted by Crippen LogP contribution is -2.32. The molecule has 0 radical (unpaired) electrons. The van der Waals surface area contributed by atoms with Crippen molar-refractivity contribution in [3.8, 4) is 6.07 Å². The number of nitrogens with zero attached hydrogens (tertiary/aromatic N) is 3. The zero-order valence-corrected chi connectivity index (χ0v) is 14.9. The molecule has 1 aromatic heterocycles. The summed E-state index contributed by atoms with van der Waals surface area (Å²) in [7, 11) is 0. The van der Waals surface area contributed by atoms with E-state index in [0.29, 0.717) is 25.1 Å². The van der Waals surface area contributed by atoms with Crippen molar-refractivity contribution in [2.75, 3.05) is 6.54 Å². The van der Waals surface area contributed by atoms with Gasteiger partial charge < -0.3 is 4.90 Å². The molecule has 4 nitrogen and oxygen atoms in total. The number of para-hydroxylation sites is 1. The molecule has 3 aromatic rings. The van der Waals surface area contributed by atoms with Crippen LogP contribution in [0.2, 0.25) is 0 Å². The summed E-state index contributed by atoms with van der Waals surface area (Å²) in [5.41, 5.74) is 3.50. The van der Waals surface area contributed by atoms with E-state index in [4.69, 9.17) is 5.26 Å². The Morgan fingerprint density at radius 2 is 1.88 bits per heavy atom. The molecule has 0 bridgehead atoms. The summed E-state index contributed by atoms with van der Waals surface area (Å²) >= 11 is 0. The van der Waals surface area contributed by atoms with Gasteiger partial charge in [0.05, 0.1) is 23.6 Å². The molecule has 0 fully saturated rings. The quantitative estimate of drug-likeness (QED) is 0.677. The van der Waals surface area contributed by atoms with Crippen molar-refractivity contribution in [3.63, 3.8) is 0 Å². The highest BCUT2D eigenvalue weighted by atomic mass is 16.2. The standard InChI is InChI=1S/C22H21N3O/c1-2-13-25(16-18-10-8-17(15-23)9-11-18)21(26)14-20-6-3-5-19-7-4-12-24-22(19)20/h3-12H,2,13-14,16H2,1H3. The fraction of sp³-hybridized carbons (Fsp3) is 0.227. The second-order valence-corrected chi connectivity index (χ2v) is 6.29. The molecule has 0 N–H and O–H groups in total. The largest absolute Gasteiger partial charge is 0.338 e. The molecular formula is C22H21N3O. The van der Waals surface area contributed by atoms with Gasteiger partial charge in [0.15, 0.2) is 0 Å². The zero-order chi connectivity index (χ0) is 18.4. The first kappa shape index (κ1) is 17.6. The Morgan fingerprint density at radius 1 is 1.12 bits per heavy atom. The Labute approximate surface area is 153 Å². The Hall–Kier alpha value is -3.19.